The Morgan fingerprint density at radius 2 is 1.89 bits per heavy atom. The SMILES string of the molecule is CCCCCOc1ccc(C2C(C(=O)OCc3ccccc3)=C(C)N=c3sc(=Cc4c(F)cccc4Cl)c(=O)n32)cc1OC. The van der Waals surface area contributed by atoms with Crippen molar-refractivity contribution in [2.24, 2.45) is 4.99 Å². The number of halogens is 2. The quantitative estimate of drug-likeness (QED) is 0.142. The minimum absolute atomic E-state index is 0.0488. The Labute approximate surface area is 263 Å². The number of carbonyl (C=O) groups excluding carboxylic acids is 1. The summed E-state index contributed by atoms with van der Waals surface area (Å²) < 4.78 is 33.7. The third kappa shape index (κ3) is 6.64. The summed E-state index contributed by atoms with van der Waals surface area (Å²) in [6.07, 6.45) is 4.44. The van der Waals surface area contributed by atoms with Crippen LogP contribution in [0.15, 0.2) is 87.8 Å². The van der Waals surface area contributed by atoms with Gasteiger partial charge >= 0.3 is 5.97 Å². The molecule has 2 heterocycles. The second kappa shape index (κ2) is 14.1. The molecule has 0 saturated heterocycles. The lowest BCUT2D eigenvalue weighted by molar-refractivity contribution is -0.140. The molecule has 1 aliphatic rings. The first-order chi connectivity index (χ1) is 21.3. The Kier molecular flexibility index (Phi) is 9.97. The number of benzene rings is 3. The summed E-state index contributed by atoms with van der Waals surface area (Å²) in [6.45, 7) is 4.42. The van der Waals surface area contributed by atoms with Gasteiger partial charge in [-0.1, -0.05) is 85.2 Å². The van der Waals surface area contributed by atoms with Gasteiger partial charge in [-0.2, -0.15) is 0 Å². The molecule has 0 bridgehead atoms. The lowest BCUT2D eigenvalue weighted by Gasteiger charge is -2.25. The van der Waals surface area contributed by atoms with Crippen LogP contribution in [0.3, 0.4) is 0 Å². The number of thiazole rings is 1. The normalized spacial score (nSPS) is 14.7. The first-order valence-electron chi connectivity index (χ1n) is 14.3. The molecule has 0 radical (unpaired) electrons. The van der Waals surface area contributed by atoms with E-state index in [9.17, 15) is 14.0 Å². The third-order valence-corrected chi connectivity index (χ3v) is 8.55. The van der Waals surface area contributed by atoms with Crippen LogP contribution in [0.1, 0.15) is 55.8 Å². The lowest BCUT2D eigenvalue weighted by Crippen LogP contribution is -2.40. The van der Waals surface area contributed by atoms with E-state index in [1.807, 2.05) is 30.3 Å². The van der Waals surface area contributed by atoms with Crippen LogP contribution in [0.5, 0.6) is 11.5 Å². The van der Waals surface area contributed by atoms with Gasteiger partial charge in [0.05, 0.1) is 40.6 Å². The van der Waals surface area contributed by atoms with Gasteiger partial charge < -0.3 is 14.2 Å². The molecule has 0 N–H and O–H groups in total. The van der Waals surface area contributed by atoms with Crippen molar-refractivity contribution in [2.45, 2.75) is 45.8 Å². The predicted octanol–water partition coefficient (Wildman–Crippen LogP) is 6.35. The van der Waals surface area contributed by atoms with Gasteiger partial charge in [0.2, 0.25) is 0 Å². The molecule has 1 aliphatic heterocycles. The Morgan fingerprint density at radius 3 is 2.61 bits per heavy atom. The van der Waals surface area contributed by atoms with E-state index in [0.29, 0.717) is 34.2 Å². The van der Waals surface area contributed by atoms with E-state index < -0.39 is 23.4 Å². The van der Waals surface area contributed by atoms with E-state index in [2.05, 4.69) is 11.9 Å². The fourth-order valence-electron chi connectivity index (χ4n) is 4.99. The number of methoxy groups -OCH3 is 1. The molecule has 0 spiro atoms. The van der Waals surface area contributed by atoms with Gasteiger partial charge in [-0.25, -0.2) is 14.2 Å². The first kappa shape index (κ1) is 31.2. The molecule has 1 unspecified atom stereocenters. The largest absolute Gasteiger partial charge is 0.493 e. The van der Waals surface area contributed by atoms with Crippen molar-refractivity contribution < 1.29 is 23.4 Å². The molecule has 7 nitrogen and oxygen atoms in total. The second-order valence-electron chi connectivity index (χ2n) is 10.2. The Bertz CT molecular complexity index is 1860. The maximum Gasteiger partial charge on any atom is 0.338 e. The molecule has 1 atom stereocenters. The van der Waals surface area contributed by atoms with Gasteiger partial charge in [-0.05, 0) is 54.8 Å². The number of ether oxygens (including phenoxy) is 3. The highest BCUT2D eigenvalue weighted by molar-refractivity contribution is 7.07. The number of esters is 1. The molecule has 44 heavy (non-hydrogen) atoms. The molecule has 0 aliphatic carbocycles. The van der Waals surface area contributed by atoms with Crippen LogP contribution in [-0.4, -0.2) is 24.3 Å². The number of hydrogen-bond donors (Lipinski definition) is 0. The molecule has 228 valence electrons. The molecular formula is C34H32ClFN2O5S. The first-order valence-corrected chi connectivity index (χ1v) is 15.5. The maximum absolute atomic E-state index is 14.7. The van der Waals surface area contributed by atoms with Crippen LogP contribution >= 0.6 is 22.9 Å². The zero-order valence-electron chi connectivity index (χ0n) is 24.6. The fraction of sp³-hybridized carbons (Fsp3) is 0.265. The summed E-state index contributed by atoms with van der Waals surface area (Å²) in [5.74, 6) is -0.139. The fourth-order valence-corrected chi connectivity index (χ4v) is 6.23. The van der Waals surface area contributed by atoms with Gasteiger partial charge in [-0.15, -0.1) is 0 Å². The van der Waals surface area contributed by atoms with Crippen molar-refractivity contribution in [1.29, 1.82) is 0 Å². The molecule has 0 amide bonds. The summed E-state index contributed by atoms with van der Waals surface area (Å²) in [4.78, 5) is 32.7. The maximum atomic E-state index is 14.7. The average Bonchev–Trinajstić information content (AvgIpc) is 3.33. The van der Waals surface area contributed by atoms with E-state index in [1.165, 1.54) is 29.9 Å². The molecular weight excluding hydrogens is 603 g/mol. The van der Waals surface area contributed by atoms with Crippen LogP contribution in [-0.2, 0) is 16.1 Å². The summed E-state index contributed by atoms with van der Waals surface area (Å²) >= 11 is 7.35. The predicted molar refractivity (Wildman–Crippen MR) is 169 cm³/mol. The third-order valence-electron chi connectivity index (χ3n) is 7.24. The Morgan fingerprint density at radius 1 is 1.09 bits per heavy atom. The molecule has 0 saturated carbocycles. The number of fused-ring (bicyclic) bond motifs is 1. The van der Waals surface area contributed by atoms with Crippen molar-refractivity contribution in [1.82, 2.24) is 4.57 Å². The van der Waals surface area contributed by atoms with Crippen LogP contribution in [0.2, 0.25) is 5.02 Å². The van der Waals surface area contributed by atoms with Gasteiger partial charge in [0.1, 0.15) is 12.4 Å². The molecule has 1 aromatic heterocycles. The number of hydrogen-bond acceptors (Lipinski definition) is 7. The highest BCUT2D eigenvalue weighted by Gasteiger charge is 2.34. The monoisotopic (exact) mass is 634 g/mol. The van der Waals surface area contributed by atoms with Gasteiger partial charge in [0, 0.05) is 5.56 Å². The number of allylic oxidation sites excluding steroid dienone is 1. The Balaban J connectivity index is 1.62. The van der Waals surface area contributed by atoms with Crippen molar-refractivity contribution in [3.05, 3.63) is 125 Å². The molecule has 4 aromatic rings. The molecule has 10 heteroatoms. The van der Waals surface area contributed by atoms with E-state index in [0.717, 1.165) is 36.2 Å². The minimum Gasteiger partial charge on any atom is -0.493 e. The highest BCUT2D eigenvalue weighted by Crippen LogP contribution is 2.36. The van der Waals surface area contributed by atoms with Crippen molar-refractivity contribution in [2.75, 3.05) is 13.7 Å². The van der Waals surface area contributed by atoms with E-state index in [1.54, 1.807) is 31.2 Å². The highest BCUT2D eigenvalue weighted by atomic mass is 35.5. The van der Waals surface area contributed by atoms with Gasteiger partial charge in [0.15, 0.2) is 16.3 Å². The summed E-state index contributed by atoms with van der Waals surface area (Å²) in [5.41, 5.74) is 1.69. The van der Waals surface area contributed by atoms with Crippen LogP contribution < -0.4 is 24.4 Å². The van der Waals surface area contributed by atoms with Crippen LogP contribution in [0.25, 0.3) is 6.08 Å². The molecule has 3 aromatic carbocycles. The van der Waals surface area contributed by atoms with Crippen molar-refractivity contribution in [3.63, 3.8) is 0 Å². The summed E-state index contributed by atoms with van der Waals surface area (Å²) in [7, 11) is 1.54. The molecule has 0 fully saturated rings. The lowest BCUT2D eigenvalue weighted by atomic mass is 9.95. The molecule has 5 rings (SSSR count). The average molecular weight is 635 g/mol. The number of aromatic nitrogens is 1. The van der Waals surface area contributed by atoms with Crippen molar-refractivity contribution in [3.8, 4) is 11.5 Å². The zero-order chi connectivity index (χ0) is 31.2. The van der Waals surface area contributed by atoms with Gasteiger partial charge in [0.25, 0.3) is 5.56 Å². The Hall–Kier alpha value is -4.21. The number of rotatable bonds is 11. The van der Waals surface area contributed by atoms with Crippen LogP contribution in [0.4, 0.5) is 4.39 Å². The topological polar surface area (TPSA) is 79.1 Å². The number of unbranched alkanes of at least 4 members (excludes halogenated alkanes) is 2. The summed E-state index contributed by atoms with van der Waals surface area (Å²) in [5, 5.41) is 0.174. The van der Waals surface area contributed by atoms with Crippen LogP contribution in [0, 0.1) is 5.82 Å². The summed E-state index contributed by atoms with van der Waals surface area (Å²) in [6, 6.07) is 18.1. The van der Waals surface area contributed by atoms with E-state index in [-0.39, 0.29) is 27.3 Å². The van der Waals surface area contributed by atoms with Gasteiger partial charge in [-0.3, -0.25) is 9.36 Å². The number of nitrogens with zero attached hydrogens (tertiary/aromatic N) is 2. The number of carbonyl (C=O) groups is 1. The zero-order valence-corrected chi connectivity index (χ0v) is 26.2. The second-order valence-corrected chi connectivity index (χ2v) is 11.7. The smallest absolute Gasteiger partial charge is 0.338 e. The van der Waals surface area contributed by atoms with E-state index >= 15 is 0 Å². The van der Waals surface area contributed by atoms with Crippen molar-refractivity contribution >= 4 is 35.0 Å². The minimum atomic E-state index is -0.893. The van der Waals surface area contributed by atoms with E-state index in [4.69, 9.17) is 25.8 Å². The standard InChI is InChI=1S/C34H32ClFN2O5S/c1-4-5-9-17-42-27-16-15-23(18-28(27)41-3)31-30(33(40)43-20-22-11-7-6-8-12-22)21(2)37-34-38(31)32(39)29(44-34)19-24-25(35)13-10-14-26(24)36/h6-8,10-16,18-19,31H,4-5,9,17,20H2,1-3H3.